The molecule has 1 aromatic carbocycles. The third-order valence-corrected chi connectivity index (χ3v) is 4.69. The normalized spacial score (nSPS) is 10.9. The van der Waals surface area contributed by atoms with Crippen LogP contribution < -0.4 is 5.32 Å². The van der Waals surface area contributed by atoms with E-state index >= 15 is 0 Å². The van der Waals surface area contributed by atoms with Crippen LogP contribution in [0.3, 0.4) is 0 Å². The first-order valence-electron chi connectivity index (χ1n) is 6.22. The van der Waals surface area contributed by atoms with Gasteiger partial charge in [-0.05, 0) is 35.8 Å². The molecule has 0 atom stereocenters. The summed E-state index contributed by atoms with van der Waals surface area (Å²) in [4.78, 5) is 5.54. The van der Waals surface area contributed by atoms with Crippen LogP contribution in [0.1, 0.15) is 25.2 Å². The van der Waals surface area contributed by atoms with E-state index in [-0.39, 0.29) is 0 Å². The van der Waals surface area contributed by atoms with Gasteiger partial charge in [0.15, 0.2) is 4.34 Å². The van der Waals surface area contributed by atoms with Gasteiger partial charge in [-0.3, -0.25) is 0 Å². The van der Waals surface area contributed by atoms with E-state index in [4.69, 9.17) is 11.6 Å². The van der Waals surface area contributed by atoms with E-state index < -0.39 is 0 Å². The SMILES string of the molecule is CCNCc1ccc(Sc2nc(CC)ns2)cc1Cl. The van der Waals surface area contributed by atoms with Crippen LogP contribution in [-0.4, -0.2) is 15.9 Å². The van der Waals surface area contributed by atoms with Crippen molar-refractivity contribution in [2.45, 2.75) is 36.0 Å². The van der Waals surface area contributed by atoms with Gasteiger partial charge in [0.05, 0.1) is 0 Å². The number of rotatable bonds is 6. The first kappa shape index (κ1) is 14.8. The van der Waals surface area contributed by atoms with Gasteiger partial charge in [-0.15, -0.1) is 0 Å². The molecule has 1 heterocycles. The predicted octanol–water partition coefficient (Wildman–Crippen LogP) is 4.01. The number of aryl methyl sites for hydroxylation is 1. The van der Waals surface area contributed by atoms with E-state index in [0.717, 1.165) is 45.2 Å². The number of halogens is 1. The lowest BCUT2D eigenvalue weighted by Gasteiger charge is -2.06. The maximum atomic E-state index is 6.28. The Morgan fingerprint density at radius 3 is 2.84 bits per heavy atom. The van der Waals surface area contributed by atoms with E-state index in [1.54, 1.807) is 11.8 Å². The molecule has 2 rings (SSSR count). The molecule has 0 saturated heterocycles. The second-order valence-electron chi connectivity index (χ2n) is 3.97. The Balaban J connectivity index is 2.06. The van der Waals surface area contributed by atoms with Crippen molar-refractivity contribution in [2.75, 3.05) is 6.54 Å². The minimum absolute atomic E-state index is 0.797. The van der Waals surface area contributed by atoms with Crippen LogP contribution in [0.2, 0.25) is 5.02 Å². The Bertz CT molecular complexity index is 542. The number of aromatic nitrogens is 2. The molecule has 0 amide bonds. The van der Waals surface area contributed by atoms with Crippen molar-refractivity contribution in [3.63, 3.8) is 0 Å². The second-order valence-corrected chi connectivity index (χ2v) is 6.45. The zero-order chi connectivity index (χ0) is 13.7. The first-order chi connectivity index (χ1) is 9.22. The maximum absolute atomic E-state index is 6.28. The minimum Gasteiger partial charge on any atom is -0.313 e. The lowest BCUT2D eigenvalue weighted by Crippen LogP contribution is -2.11. The van der Waals surface area contributed by atoms with E-state index in [9.17, 15) is 0 Å². The highest BCUT2D eigenvalue weighted by molar-refractivity contribution is 8.01. The van der Waals surface area contributed by atoms with Gasteiger partial charge < -0.3 is 5.32 Å². The van der Waals surface area contributed by atoms with Gasteiger partial charge in [-0.2, -0.15) is 4.37 Å². The van der Waals surface area contributed by atoms with Gasteiger partial charge in [0.25, 0.3) is 0 Å². The standard InChI is InChI=1S/C13H16ClN3S2/c1-3-12-16-13(19-17-12)18-10-6-5-9(8-15-4-2)11(14)7-10/h5-7,15H,3-4,8H2,1-2H3. The Morgan fingerprint density at radius 1 is 1.37 bits per heavy atom. The zero-order valence-electron chi connectivity index (χ0n) is 10.9. The first-order valence-corrected chi connectivity index (χ1v) is 8.19. The summed E-state index contributed by atoms with van der Waals surface area (Å²) >= 11 is 9.33. The van der Waals surface area contributed by atoms with Crippen LogP contribution >= 0.6 is 34.9 Å². The number of hydrogen-bond donors (Lipinski definition) is 1. The van der Waals surface area contributed by atoms with Crippen LogP contribution in [0, 0.1) is 0 Å². The maximum Gasteiger partial charge on any atom is 0.174 e. The Hall–Kier alpha value is -0.620. The molecular formula is C13H16ClN3S2. The number of nitrogens with zero attached hydrogens (tertiary/aromatic N) is 2. The molecular weight excluding hydrogens is 298 g/mol. The topological polar surface area (TPSA) is 37.8 Å². The molecule has 19 heavy (non-hydrogen) atoms. The number of nitrogens with one attached hydrogen (secondary N) is 1. The smallest absolute Gasteiger partial charge is 0.174 e. The molecule has 0 radical (unpaired) electrons. The summed E-state index contributed by atoms with van der Waals surface area (Å²) in [7, 11) is 0. The molecule has 0 spiro atoms. The van der Waals surface area contributed by atoms with Gasteiger partial charge in [-0.25, -0.2) is 4.98 Å². The lowest BCUT2D eigenvalue weighted by molar-refractivity contribution is 0.726. The molecule has 1 N–H and O–H groups in total. The van der Waals surface area contributed by atoms with Crippen molar-refractivity contribution in [1.29, 1.82) is 0 Å². The van der Waals surface area contributed by atoms with Crippen molar-refractivity contribution in [1.82, 2.24) is 14.7 Å². The van der Waals surface area contributed by atoms with Gasteiger partial charge in [-0.1, -0.05) is 43.3 Å². The van der Waals surface area contributed by atoms with Gasteiger partial charge in [0.1, 0.15) is 5.82 Å². The fourth-order valence-corrected chi connectivity index (χ4v) is 3.55. The minimum atomic E-state index is 0.797. The van der Waals surface area contributed by atoms with E-state index in [1.807, 2.05) is 6.07 Å². The average molecular weight is 314 g/mol. The zero-order valence-corrected chi connectivity index (χ0v) is 13.3. The van der Waals surface area contributed by atoms with Crippen molar-refractivity contribution >= 4 is 34.9 Å². The summed E-state index contributed by atoms with van der Waals surface area (Å²) < 4.78 is 5.24. The highest BCUT2D eigenvalue weighted by atomic mass is 35.5. The van der Waals surface area contributed by atoms with Crippen LogP contribution in [0.15, 0.2) is 27.4 Å². The molecule has 0 unspecified atom stereocenters. The molecule has 0 aliphatic carbocycles. The molecule has 0 aliphatic heterocycles. The third-order valence-electron chi connectivity index (χ3n) is 2.56. The average Bonchev–Trinajstić information content (AvgIpc) is 2.85. The van der Waals surface area contributed by atoms with Crippen molar-refractivity contribution in [3.05, 3.63) is 34.6 Å². The fourth-order valence-electron chi connectivity index (χ4n) is 1.52. The Morgan fingerprint density at radius 2 is 2.21 bits per heavy atom. The summed E-state index contributed by atoms with van der Waals surface area (Å²) in [5, 5.41) is 4.07. The Kier molecular flexibility index (Phi) is 5.63. The molecule has 2 aromatic rings. The highest BCUT2D eigenvalue weighted by Gasteiger charge is 2.07. The van der Waals surface area contributed by atoms with E-state index in [2.05, 4.69) is 40.7 Å². The van der Waals surface area contributed by atoms with Crippen molar-refractivity contribution < 1.29 is 0 Å². The molecule has 0 saturated carbocycles. The molecule has 0 aliphatic rings. The highest BCUT2D eigenvalue weighted by Crippen LogP contribution is 2.31. The third kappa shape index (κ3) is 4.18. The van der Waals surface area contributed by atoms with Crippen LogP contribution in [-0.2, 0) is 13.0 Å². The summed E-state index contributed by atoms with van der Waals surface area (Å²) in [6.45, 7) is 5.89. The van der Waals surface area contributed by atoms with Crippen LogP contribution in [0.4, 0.5) is 0 Å². The van der Waals surface area contributed by atoms with Crippen LogP contribution in [0.25, 0.3) is 0 Å². The molecule has 0 bridgehead atoms. The number of benzene rings is 1. The quantitative estimate of drug-likeness (QED) is 0.874. The fraction of sp³-hybridized carbons (Fsp3) is 0.385. The van der Waals surface area contributed by atoms with Crippen molar-refractivity contribution in [2.24, 2.45) is 0 Å². The predicted molar refractivity (Wildman–Crippen MR) is 82.2 cm³/mol. The van der Waals surface area contributed by atoms with E-state index in [0.29, 0.717) is 0 Å². The second kappa shape index (κ2) is 7.24. The van der Waals surface area contributed by atoms with Gasteiger partial charge >= 0.3 is 0 Å². The molecule has 0 fully saturated rings. The molecule has 102 valence electrons. The Labute approximate surface area is 127 Å². The monoisotopic (exact) mass is 313 g/mol. The number of hydrogen-bond acceptors (Lipinski definition) is 5. The lowest BCUT2D eigenvalue weighted by atomic mass is 10.2. The molecule has 1 aromatic heterocycles. The van der Waals surface area contributed by atoms with Gasteiger partial charge in [0.2, 0.25) is 0 Å². The summed E-state index contributed by atoms with van der Waals surface area (Å²) in [6.07, 6.45) is 0.874. The molecule has 3 nitrogen and oxygen atoms in total. The molecule has 6 heteroatoms. The summed E-state index contributed by atoms with van der Waals surface area (Å²) in [6, 6.07) is 6.14. The van der Waals surface area contributed by atoms with Crippen LogP contribution in [0.5, 0.6) is 0 Å². The van der Waals surface area contributed by atoms with E-state index in [1.165, 1.54) is 11.5 Å². The van der Waals surface area contributed by atoms with Gasteiger partial charge in [0, 0.05) is 22.9 Å². The largest absolute Gasteiger partial charge is 0.313 e. The summed E-state index contributed by atoms with van der Waals surface area (Å²) in [5.41, 5.74) is 1.12. The summed E-state index contributed by atoms with van der Waals surface area (Å²) in [5.74, 6) is 0.905. The van der Waals surface area contributed by atoms with Crippen molar-refractivity contribution in [3.8, 4) is 0 Å².